The molecule has 1 aromatic carbocycles. The SMILES string of the molecule is CCc1ccc(C(C(CN)C(C)C)N(C)C)cc1. The van der Waals surface area contributed by atoms with Gasteiger partial charge in [0.25, 0.3) is 0 Å². The van der Waals surface area contributed by atoms with Crippen LogP contribution in [0.15, 0.2) is 24.3 Å². The maximum atomic E-state index is 5.98. The molecule has 2 heteroatoms. The van der Waals surface area contributed by atoms with E-state index in [0.717, 1.165) is 13.0 Å². The molecule has 0 heterocycles. The molecular formula is C16H28N2. The van der Waals surface area contributed by atoms with Crippen molar-refractivity contribution in [2.24, 2.45) is 17.6 Å². The predicted molar refractivity (Wildman–Crippen MR) is 79.6 cm³/mol. The van der Waals surface area contributed by atoms with Crippen molar-refractivity contribution in [2.45, 2.75) is 33.2 Å². The molecule has 2 N–H and O–H groups in total. The molecule has 2 unspecified atom stereocenters. The Kier molecular flexibility index (Phi) is 5.83. The summed E-state index contributed by atoms with van der Waals surface area (Å²) in [6.07, 6.45) is 1.09. The van der Waals surface area contributed by atoms with Crippen molar-refractivity contribution < 1.29 is 0 Å². The van der Waals surface area contributed by atoms with Gasteiger partial charge in [0.15, 0.2) is 0 Å². The van der Waals surface area contributed by atoms with Crippen LogP contribution in [-0.4, -0.2) is 25.5 Å². The number of benzene rings is 1. The van der Waals surface area contributed by atoms with Gasteiger partial charge in [-0.1, -0.05) is 45.0 Å². The van der Waals surface area contributed by atoms with E-state index in [-0.39, 0.29) is 0 Å². The van der Waals surface area contributed by atoms with Gasteiger partial charge in [-0.3, -0.25) is 0 Å². The van der Waals surface area contributed by atoms with Gasteiger partial charge in [0.05, 0.1) is 0 Å². The molecule has 0 radical (unpaired) electrons. The summed E-state index contributed by atoms with van der Waals surface area (Å²) in [6.45, 7) is 7.44. The lowest BCUT2D eigenvalue weighted by molar-refractivity contribution is 0.175. The summed E-state index contributed by atoms with van der Waals surface area (Å²) in [5, 5.41) is 0. The molecule has 1 aromatic rings. The minimum absolute atomic E-state index is 0.404. The van der Waals surface area contributed by atoms with Crippen LogP contribution in [0.3, 0.4) is 0 Å². The largest absolute Gasteiger partial charge is 0.330 e. The second-order valence-electron chi connectivity index (χ2n) is 5.65. The first kappa shape index (κ1) is 15.2. The van der Waals surface area contributed by atoms with E-state index in [2.05, 4.69) is 64.0 Å². The summed E-state index contributed by atoms with van der Waals surface area (Å²) in [4.78, 5) is 2.29. The minimum atomic E-state index is 0.404. The topological polar surface area (TPSA) is 29.3 Å². The highest BCUT2D eigenvalue weighted by Crippen LogP contribution is 2.31. The summed E-state index contributed by atoms with van der Waals surface area (Å²) in [5.74, 6) is 1.08. The van der Waals surface area contributed by atoms with Crippen LogP contribution in [0.5, 0.6) is 0 Å². The Hall–Kier alpha value is -0.860. The highest BCUT2D eigenvalue weighted by Gasteiger charge is 2.26. The van der Waals surface area contributed by atoms with Gasteiger partial charge in [-0.05, 0) is 50.0 Å². The average Bonchev–Trinajstić information content (AvgIpc) is 2.35. The first-order valence-electron chi connectivity index (χ1n) is 6.96. The van der Waals surface area contributed by atoms with E-state index in [9.17, 15) is 0 Å². The lowest BCUT2D eigenvalue weighted by Crippen LogP contribution is -2.35. The van der Waals surface area contributed by atoms with E-state index >= 15 is 0 Å². The molecule has 0 aliphatic rings. The lowest BCUT2D eigenvalue weighted by Gasteiger charge is -2.34. The van der Waals surface area contributed by atoms with Crippen LogP contribution in [0.1, 0.15) is 37.9 Å². The molecule has 0 spiro atoms. The van der Waals surface area contributed by atoms with E-state index in [4.69, 9.17) is 5.73 Å². The lowest BCUT2D eigenvalue weighted by atomic mass is 9.83. The molecule has 2 atom stereocenters. The maximum absolute atomic E-state index is 5.98. The van der Waals surface area contributed by atoms with Gasteiger partial charge in [-0.15, -0.1) is 0 Å². The molecule has 2 nitrogen and oxygen atoms in total. The Morgan fingerprint density at radius 3 is 2.00 bits per heavy atom. The van der Waals surface area contributed by atoms with Crippen LogP contribution in [0.2, 0.25) is 0 Å². The summed E-state index contributed by atoms with van der Waals surface area (Å²) in [5.41, 5.74) is 8.75. The Labute approximate surface area is 112 Å². The van der Waals surface area contributed by atoms with E-state index in [0.29, 0.717) is 17.9 Å². The van der Waals surface area contributed by atoms with E-state index < -0.39 is 0 Å². The highest BCUT2D eigenvalue weighted by atomic mass is 15.1. The zero-order valence-electron chi connectivity index (χ0n) is 12.5. The zero-order chi connectivity index (χ0) is 13.7. The van der Waals surface area contributed by atoms with Crippen molar-refractivity contribution in [2.75, 3.05) is 20.6 Å². The standard InChI is InChI=1S/C16H28N2/c1-6-13-7-9-14(10-8-13)16(18(4)5)15(11-17)12(2)3/h7-10,12,15-16H,6,11,17H2,1-5H3. The Bertz CT molecular complexity index is 341. The molecule has 0 aliphatic heterocycles. The summed E-state index contributed by atoms with van der Waals surface area (Å²) >= 11 is 0. The molecule has 0 aromatic heterocycles. The molecule has 0 aliphatic carbocycles. The fraction of sp³-hybridized carbons (Fsp3) is 0.625. The van der Waals surface area contributed by atoms with Gasteiger partial charge in [0, 0.05) is 6.04 Å². The first-order chi connectivity index (χ1) is 8.51. The number of aryl methyl sites for hydroxylation is 1. The molecule has 102 valence electrons. The first-order valence-corrected chi connectivity index (χ1v) is 6.96. The van der Waals surface area contributed by atoms with Crippen LogP contribution >= 0.6 is 0 Å². The molecular weight excluding hydrogens is 220 g/mol. The highest BCUT2D eigenvalue weighted by molar-refractivity contribution is 5.25. The van der Waals surface area contributed by atoms with Crippen molar-refractivity contribution in [1.82, 2.24) is 4.90 Å². The number of hydrogen-bond donors (Lipinski definition) is 1. The number of nitrogens with zero attached hydrogens (tertiary/aromatic N) is 1. The van der Waals surface area contributed by atoms with Crippen LogP contribution < -0.4 is 5.73 Å². The predicted octanol–water partition coefficient (Wildman–Crippen LogP) is 3.08. The van der Waals surface area contributed by atoms with Crippen molar-refractivity contribution in [1.29, 1.82) is 0 Å². The van der Waals surface area contributed by atoms with E-state index in [1.807, 2.05) is 0 Å². The maximum Gasteiger partial charge on any atom is 0.0384 e. The third-order valence-electron chi connectivity index (χ3n) is 3.82. The van der Waals surface area contributed by atoms with Gasteiger partial charge in [-0.2, -0.15) is 0 Å². The quantitative estimate of drug-likeness (QED) is 0.838. The number of nitrogens with two attached hydrogens (primary N) is 1. The zero-order valence-corrected chi connectivity index (χ0v) is 12.5. The average molecular weight is 248 g/mol. The van der Waals surface area contributed by atoms with Gasteiger partial charge in [0.2, 0.25) is 0 Å². The van der Waals surface area contributed by atoms with Crippen LogP contribution in [-0.2, 0) is 6.42 Å². The van der Waals surface area contributed by atoms with Crippen LogP contribution in [0.25, 0.3) is 0 Å². The smallest absolute Gasteiger partial charge is 0.0384 e. The van der Waals surface area contributed by atoms with Gasteiger partial charge >= 0.3 is 0 Å². The minimum Gasteiger partial charge on any atom is -0.330 e. The van der Waals surface area contributed by atoms with E-state index in [1.54, 1.807) is 0 Å². The molecule has 18 heavy (non-hydrogen) atoms. The van der Waals surface area contributed by atoms with Crippen molar-refractivity contribution >= 4 is 0 Å². The van der Waals surface area contributed by atoms with Crippen molar-refractivity contribution in [3.63, 3.8) is 0 Å². The molecule has 0 saturated heterocycles. The van der Waals surface area contributed by atoms with Gasteiger partial charge in [0.1, 0.15) is 0 Å². The fourth-order valence-electron chi connectivity index (χ4n) is 2.64. The second kappa shape index (κ2) is 6.91. The van der Waals surface area contributed by atoms with Crippen molar-refractivity contribution in [3.8, 4) is 0 Å². The molecule has 1 rings (SSSR count). The molecule has 0 amide bonds. The van der Waals surface area contributed by atoms with Gasteiger partial charge in [-0.25, -0.2) is 0 Å². The fourth-order valence-corrected chi connectivity index (χ4v) is 2.64. The summed E-state index contributed by atoms with van der Waals surface area (Å²) < 4.78 is 0. The third-order valence-corrected chi connectivity index (χ3v) is 3.82. The summed E-state index contributed by atoms with van der Waals surface area (Å²) in [7, 11) is 4.28. The number of hydrogen-bond acceptors (Lipinski definition) is 2. The Morgan fingerprint density at radius 2 is 1.67 bits per heavy atom. The third kappa shape index (κ3) is 3.56. The second-order valence-corrected chi connectivity index (χ2v) is 5.65. The van der Waals surface area contributed by atoms with Crippen LogP contribution in [0.4, 0.5) is 0 Å². The molecule has 0 bridgehead atoms. The normalized spacial score (nSPS) is 15.1. The van der Waals surface area contributed by atoms with Gasteiger partial charge < -0.3 is 10.6 Å². The molecule has 0 saturated carbocycles. The Balaban J connectivity index is 3.03. The van der Waals surface area contributed by atoms with Crippen LogP contribution in [0, 0.1) is 11.8 Å². The van der Waals surface area contributed by atoms with E-state index in [1.165, 1.54) is 11.1 Å². The summed E-state index contributed by atoms with van der Waals surface area (Å²) in [6, 6.07) is 9.39. The monoisotopic (exact) mass is 248 g/mol. The number of rotatable bonds is 6. The van der Waals surface area contributed by atoms with Crippen molar-refractivity contribution in [3.05, 3.63) is 35.4 Å². The Morgan fingerprint density at radius 1 is 1.11 bits per heavy atom. The molecule has 0 fully saturated rings.